The normalized spacial score (nSPS) is 21.3. The van der Waals surface area contributed by atoms with Crippen LogP contribution < -0.4 is 5.32 Å². The molecule has 30 heavy (non-hydrogen) atoms. The van der Waals surface area contributed by atoms with Gasteiger partial charge in [0.15, 0.2) is 5.96 Å². The second kappa shape index (κ2) is 11.2. The molecule has 2 atom stereocenters. The van der Waals surface area contributed by atoms with Crippen LogP contribution in [0.25, 0.3) is 0 Å². The third-order valence-corrected chi connectivity index (χ3v) is 6.02. The molecular formula is C23H33IN4O2. The quantitative estimate of drug-likeness (QED) is 0.364. The summed E-state index contributed by atoms with van der Waals surface area (Å²) in [6.07, 6.45) is 4.35. The molecule has 0 amide bonds. The fraction of sp³-hybridized carbons (Fsp3) is 0.522. The van der Waals surface area contributed by atoms with Crippen molar-refractivity contribution in [2.24, 2.45) is 4.99 Å². The summed E-state index contributed by atoms with van der Waals surface area (Å²) in [5.74, 6) is 1.96. The number of likely N-dealkylation sites (tertiary alicyclic amines) is 1. The monoisotopic (exact) mass is 524 g/mol. The summed E-state index contributed by atoms with van der Waals surface area (Å²) >= 11 is 0. The molecule has 2 aliphatic heterocycles. The Morgan fingerprint density at radius 1 is 1.17 bits per heavy atom. The fourth-order valence-corrected chi connectivity index (χ4v) is 4.44. The number of morpholine rings is 1. The lowest BCUT2D eigenvalue weighted by molar-refractivity contribution is -0.00843. The average molecular weight is 524 g/mol. The Morgan fingerprint density at radius 2 is 1.97 bits per heavy atom. The predicted octanol–water partition coefficient (Wildman–Crippen LogP) is 3.99. The summed E-state index contributed by atoms with van der Waals surface area (Å²) in [5, 5.41) is 3.61. The van der Waals surface area contributed by atoms with Crippen LogP contribution >= 0.6 is 24.0 Å². The van der Waals surface area contributed by atoms with Gasteiger partial charge in [0.1, 0.15) is 11.9 Å². The zero-order valence-electron chi connectivity index (χ0n) is 17.9. The van der Waals surface area contributed by atoms with Gasteiger partial charge in [-0.05, 0) is 56.1 Å². The highest BCUT2D eigenvalue weighted by Crippen LogP contribution is 2.26. The van der Waals surface area contributed by atoms with Crippen LogP contribution in [-0.2, 0) is 4.74 Å². The lowest BCUT2D eigenvalue weighted by Crippen LogP contribution is -2.50. The van der Waals surface area contributed by atoms with Crippen molar-refractivity contribution < 1.29 is 9.15 Å². The molecule has 0 saturated carbocycles. The minimum absolute atomic E-state index is 0. The van der Waals surface area contributed by atoms with Gasteiger partial charge in [0.25, 0.3) is 0 Å². The van der Waals surface area contributed by atoms with Crippen LogP contribution in [0.1, 0.15) is 41.9 Å². The average Bonchev–Trinajstić information content (AvgIpc) is 3.46. The van der Waals surface area contributed by atoms with Crippen molar-refractivity contribution >= 4 is 29.9 Å². The zero-order chi connectivity index (χ0) is 20.1. The number of aliphatic imine (C=N–C) groups is 1. The zero-order valence-corrected chi connectivity index (χ0v) is 20.2. The predicted molar refractivity (Wildman–Crippen MR) is 130 cm³/mol. The molecule has 0 aliphatic carbocycles. The molecule has 3 heterocycles. The van der Waals surface area contributed by atoms with Crippen LogP contribution in [0.3, 0.4) is 0 Å². The molecule has 0 radical (unpaired) electrons. The number of aryl methyl sites for hydroxylation is 1. The summed E-state index contributed by atoms with van der Waals surface area (Å²) in [6, 6.07) is 12.8. The summed E-state index contributed by atoms with van der Waals surface area (Å²) in [4.78, 5) is 9.39. The van der Waals surface area contributed by atoms with E-state index in [1.165, 1.54) is 24.0 Å². The number of benzene rings is 1. The maximum absolute atomic E-state index is 6.09. The van der Waals surface area contributed by atoms with Crippen molar-refractivity contribution in [3.8, 4) is 0 Å². The first-order valence-electron chi connectivity index (χ1n) is 10.7. The Morgan fingerprint density at radius 3 is 2.67 bits per heavy atom. The second-order valence-electron chi connectivity index (χ2n) is 7.86. The second-order valence-corrected chi connectivity index (χ2v) is 7.86. The van der Waals surface area contributed by atoms with Crippen LogP contribution in [0.2, 0.25) is 0 Å². The first-order valence-corrected chi connectivity index (χ1v) is 10.7. The molecule has 2 aromatic rings. The lowest BCUT2D eigenvalue weighted by Gasteiger charge is -2.36. The Kier molecular flexibility index (Phi) is 8.59. The van der Waals surface area contributed by atoms with Crippen molar-refractivity contribution in [2.75, 3.05) is 46.4 Å². The highest BCUT2D eigenvalue weighted by Gasteiger charge is 2.28. The molecule has 1 N–H and O–H groups in total. The van der Waals surface area contributed by atoms with Crippen LogP contribution in [0.5, 0.6) is 0 Å². The first-order chi connectivity index (χ1) is 14.3. The van der Waals surface area contributed by atoms with E-state index in [0.717, 1.165) is 44.4 Å². The van der Waals surface area contributed by atoms with Gasteiger partial charge in [-0.3, -0.25) is 9.89 Å². The Hall–Kier alpha value is -1.58. The van der Waals surface area contributed by atoms with E-state index < -0.39 is 0 Å². The summed E-state index contributed by atoms with van der Waals surface area (Å²) < 4.78 is 11.8. The molecular weight excluding hydrogens is 491 g/mol. The molecule has 1 aromatic heterocycles. The van der Waals surface area contributed by atoms with E-state index in [1.54, 1.807) is 6.26 Å². The van der Waals surface area contributed by atoms with E-state index in [9.17, 15) is 0 Å². The lowest BCUT2D eigenvalue weighted by atomic mass is 10.0. The van der Waals surface area contributed by atoms with E-state index in [2.05, 4.69) is 57.4 Å². The maximum atomic E-state index is 6.09. The molecule has 1 aromatic carbocycles. The van der Waals surface area contributed by atoms with Crippen LogP contribution in [-0.4, -0.2) is 62.1 Å². The van der Waals surface area contributed by atoms with Gasteiger partial charge >= 0.3 is 0 Å². The van der Waals surface area contributed by atoms with Crippen molar-refractivity contribution in [2.45, 2.75) is 31.9 Å². The highest BCUT2D eigenvalue weighted by atomic mass is 127. The molecule has 2 unspecified atom stereocenters. The molecule has 2 saturated heterocycles. The van der Waals surface area contributed by atoms with Gasteiger partial charge in [0.2, 0.25) is 0 Å². The number of hydrogen-bond acceptors (Lipinski definition) is 4. The fourth-order valence-electron chi connectivity index (χ4n) is 4.44. The number of furan rings is 1. The highest BCUT2D eigenvalue weighted by molar-refractivity contribution is 14.0. The van der Waals surface area contributed by atoms with Crippen molar-refractivity contribution in [3.63, 3.8) is 0 Å². The third kappa shape index (κ3) is 5.36. The van der Waals surface area contributed by atoms with Crippen molar-refractivity contribution in [1.29, 1.82) is 0 Å². The van der Waals surface area contributed by atoms with E-state index in [0.29, 0.717) is 6.61 Å². The number of nitrogens with zero attached hydrogens (tertiary/aromatic N) is 3. The maximum Gasteiger partial charge on any atom is 0.193 e. The van der Waals surface area contributed by atoms with E-state index >= 15 is 0 Å². The van der Waals surface area contributed by atoms with Gasteiger partial charge < -0.3 is 19.4 Å². The Labute approximate surface area is 196 Å². The number of hydrogen-bond donors (Lipinski definition) is 1. The van der Waals surface area contributed by atoms with Gasteiger partial charge in [-0.15, -0.1) is 24.0 Å². The van der Waals surface area contributed by atoms with Gasteiger partial charge in [0, 0.05) is 20.1 Å². The smallest absolute Gasteiger partial charge is 0.193 e. The summed E-state index contributed by atoms with van der Waals surface area (Å²) in [7, 11) is 1.86. The third-order valence-electron chi connectivity index (χ3n) is 6.02. The van der Waals surface area contributed by atoms with Gasteiger partial charge in [0.05, 0.1) is 25.5 Å². The molecule has 0 bridgehead atoms. The minimum atomic E-state index is 0. The number of ether oxygens (including phenoxy) is 1. The number of guanidine groups is 1. The number of halogens is 1. The summed E-state index contributed by atoms with van der Waals surface area (Å²) in [5.41, 5.74) is 2.53. The molecule has 164 valence electrons. The van der Waals surface area contributed by atoms with Gasteiger partial charge in [-0.1, -0.05) is 24.3 Å². The number of rotatable bonds is 5. The van der Waals surface area contributed by atoms with Crippen LogP contribution in [0.4, 0.5) is 0 Å². The molecule has 4 rings (SSSR count). The largest absolute Gasteiger partial charge is 0.468 e. The SMILES string of the molecule is CN=C(NCC(c1ccco1)N1CCCC1)N1CCOC(c2ccccc2C)C1.I. The minimum Gasteiger partial charge on any atom is -0.468 e. The van der Waals surface area contributed by atoms with Gasteiger partial charge in [-0.25, -0.2) is 0 Å². The first kappa shape index (κ1) is 23.1. The van der Waals surface area contributed by atoms with Crippen molar-refractivity contribution in [3.05, 3.63) is 59.5 Å². The molecule has 2 aliphatic rings. The molecule has 0 spiro atoms. The van der Waals surface area contributed by atoms with Crippen LogP contribution in [0.15, 0.2) is 52.1 Å². The van der Waals surface area contributed by atoms with E-state index in [-0.39, 0.29) is 36.1 Å². The molecule has 6 nitrogen and oxygen atoms in total. The number of nitrogens with one attached hydrogen (secondary N) is 1. The molecule has 2 fully saturated rings. The molecule has 7 heteroatoms. The Balaban J connectivity index is 0.00000256. The Bertz CT molecular complexity index is 805. The standard InChI is InChI=1S/C23H32N4O2.HI/c1-18-8-3-4-9-19(18)22-17-27(13-15-29-22)23(24-2)25-16-20(21-10-7-14-28-21)26-11-5-6-12-26;/h3-4,7-10,14,20,22H,5-6,11-13,15-17H2,1-2H3,(H,24,25);1H. The van der Waals surface area contributed by atoms with Crippen molar-refractivity contribution in [1.82, 2.24) is 15.1 Å². The van der Waals surface area contributed by atoms with Gasteiger partial charge in [-0.2, -0.15) is 0 Å². The van der Waals surface area contributed by atoms with E-state index in [1.807, 2.05) is 13.1 Å². The van der Waals surface area contributed by atoms with Crippen LogP contribution in [0, 0.1) is 6.92 Å². The topological polar surface area (TPSA) is 53.2 Å². The summed E-state index contributed by atoms with van der Waals surface area (Å²) in [6.45, 7) is 7.53. The van der Waals surface area contributed by atoms with E-state index in [4.69, 9.17) is 9.15 Å².